The van der Waals surface area contributed by atoms with Crippen molar-refractivity contribution in [3.63, 3.8) is 0 Å². The summed E-state index contributed by atoms with van der Waals surface area (Å²) in [5.41, 5.74) is 2.16. The highest BCUT2D eigenvalue weighted by atomic mass is 79.9. The Bertz CT molecular complexity index is 578. The number of halogens is 2. The minimum Gasteiger partial charge on any atom is -0.323 e. The first kappa shape index (κ1) is 15.8. The van der Waals surface area contributed by atoms with Crippen LogP contribution in [0.2, 0.25) is 0 Å². The van der Waals surface area contributed by atoms with Gasteiger partial charge in [-0.05, 0) is 38.2 Å². The standard InChI is InChI=1S/C15H21BrClN3/c1-4-19(5-2)10-11(3)20-14-8-12(16)6-7-13(14)18-15(20)9-17/h6-8,11H,4-5,9-10H2,1-3H3. The maximum atomic E-state index is 6.08. The molecule has 110 valence electrons. The molecule has 1 atom stereocenters. The van der Waals surface area contributed by atoms with Crippen LogP contribution in [0.25, 0.3) is 11.0 Å². The molecule has 1 aromatic carbocycles. The van der Waals surface area contributed by atoms with E-state index in [4.69, 9.17) is 11.6 Å². The molecule has 2 aromatic rings. The van der Waals surface area contributed by atoms with Gasteiger partial charge in [0, 0.05) is 17.1 Å². The molecule has 0 saturated carbocycles. The zero-order valence-electron chi connectivity index (χ0n) is 12.2. The number of benzene rings is 1. The molecule has 0 aliphatic rings. The fourth-order valence-electron chi connectivity index (χ4n) is 2.64. The van der Waals surface area contributed by atoms with Crippen molar-refractivity contribution in [2.24, 2.45) is 0 Å². The predicted molar refractivity (Wildman–Crippen MR) is 89.5 cm³/mol. The van der Waals surface area contributed by atoms with Gasteiger partial charge < -0.3 is 9.47 Å². The summed E-state index contributed by atoms with van der Waals surface area (Å²) in [6, 6.07) is 6.53. The van der Waals surface area contributed by atoms with E-state index in [2.05, 4.69) is 57.2 Å². The second kappa shape index (κ2) is 6.92. The van der Waals surface area contributed by atoms with E-state index in [0.717, 1.165) is 41.0 Å². The van der Waals surface area contributed by atoms with E-state index in [0.29, 0.717) is 11.9 Å². The molecule has 0 bridgehead atoms. The fraction of sp³-hybridized carbons (Fsp3) is 0.533. The van der Waals surface area contributed by atoms with E-state index in [1.807, 2.05) is 12.1 Å². The van der Waals surface area contributed by atoms with Gasteiger partial charge in [-0.1, -0.05) is 29.8 Å². The molecule has 2 rings (SSSR count). The molecule has 0 amide bonds. The molecule has 20 heavy (non-hydrogen) atoms. The summed E-state index contributed by atoms with van der Waals surface area (Å²) >= 11 is 9.62. The molecule has 1 heterocycles. The van der Waals surface area contributed by atoms with E-state index in [1.54, 1.807) is 0 Å². The Morgan fingerprint density at radius 3 is 2.65 bits per heavy atom. The van der Waals surface area contributed by atoms with Gasteiger partial charge in [-0.2, -0.15) is 0 Å². The SMILES string of the molecule is CCN(CC)CC(C)n1c(CCl)nc2ccc(Br)cc21. The van der Waals surface area contributed by atoms with Gasteiger partial charge >= 0.3 is 0 Å². The summed E-state index contributed by atoms with van der Waals surface area (Å²) in [5.74, 6) is 1.38. The van der Waals surface area contributed by atoms with Crippen LogP contribution in [0.1, 0.15) is 32.6 Å². The highest BCUT2D eigenvalue weighted by Crippen LogP contribution is 2.25. The van der Waals surface area contributed by atoms with E-state index in [-0.39, 0.29) is 0 Å². The van der Waals surface area contributed by atoms with E-state index in [9.17, 15) is 0 Å². The Morgan fingerprint density at radius 2 is 2.05 bits per heavy atom. The third-order valence-corrected chi connectivity index (χ3v) is 4.43. The first-order valence-electron chi connectivity index (χ1n) is 7.05. The van der Waals surface area contributed by atoms with Gasteiger partial charge in [0.1, 0.15) is 5.82 Å². The van der Waals surface area contributed by atoms with Gasteiger partial charge in [0.15, 0.2) is 0 Å². The normalized spacial score (nSPS) is 13.3. The summed E-state index contributed by atoms with van der Waals surface area (Å²) < 4.78 is 3.34. The summed E-state index contributed by atoms with van der Waals surface area (Å²) in [6.07, 6.45) is 0. The zero-order valence-corrected chi connectivity index (χ0v) is 14.6. The number of hydrogen-bond acceptors (Lipinski definition) is 2. The van der Waals surface area contributed by atoms with Crippen molar-refractivity contribution in [1.82, 2.24) is 14.5 Å². The van der Waals surface area contributed by atoms with Crippen LogP contribution in [-0.4, -0.2) is 34.1 Å². The topological polar surface area (TPSA) is 21.1 Å². The number of hydrogen-bond donors (Lipinski definition) is 0. The molecule has 5 heteroatoms. The Balaban J connectivity index is 2.42. The molecular formula is C15H21BrClN3. The van der Waals surface area contributed by atoms with Gasteiger partial charge in [0.25, 0.3) is 0 Å². The number of likely N-dealkylation sites (N-methyl/N-ethyl adjacent to an activating group) is 1. The molecule has 0 N–H and O–H groups in total. The molecule has 0 fully saturated rings. The Kier molecular flexibility index (Phi) is 5.47. The molecule has 0 spiro atoms. The number of fused-ring (bicyclic) bond motifs is 1. The maximum Gasteiger partial charge on any atom is 0.125 e. The Morgan fingerprint density at radius 1 is 1.35 bits per heavy atom. The summed E-state index contributed by atoms with van der Waals surface area (Å²) in [6.45, 7) is 9.76. The van der Waals surface area contributed by atoms with Gasteiger partial charge in [-0.3, -0.25) is 0 Å². The summed E-state index contributed by atoms with van der Waals surface area (Å²) in [4.78, 5) is 7.07. The van der Waals surface area contributed by atoms with Crippen molar-refractivity contribution in [2.75, 3.05) is 19.6 Å². The van der Waals surface area contributed by atoms with Crippen molar-refractivity contribution in [3.8, 4) is 0 Å². The van der Waals surface area contributed by atoms with E-state index >= 15 is 0 Å². The van der Waals surface area contributed by atoms with Gasteiger partial charge in [-0.25, -0.2) is 4.98 Å². The van der Waals surface area contributed by atoms with E-state index in [1.165, 1.54) is 0 Å². The molecule has 1 aromatic heterocycles. The van der Waals surface area contributed by atoms with Crippen LogP contribution in [0, 0.1) is 0 Å². The van der Waals surface area contributed by atoms with Crippen LogP contribution < -0.4 is 0 Å². The summed E-state index contributed by atoms with van der Waals surface area (Å²) in [5, 5.41) is 0. The lowest BCUT2D eigenvalue weighted by atomic mass is 10.2. The first-order valence-corrected chi connectivity index (χ1v) is 8.38. The number of alkyl halides is 1. The zero-order chi connectivity index (χ0) is 14.7. The molecule has 0 saturated heterocycles. The molecule has 0 radical (unpaired) electrons. The second-order valence-corrected chi connectivity index (χ2v) is 6.18. The minimum atomic E-state index is 0.350. The Hall–Kier alpha value is -0.580. The van der Waals surface area contributed by atoms with Crippen molar-refractivity contribution >= 4 is 38.6 Å². The summed E-state index contributed by atoms with van der Waals surface area (Å²) in [7, 11) is 0. The molecule has 1 unspecified atom stereocenters. The molecular weight excluding hydrogens is 338 g/mol. The monoisotopic (exact) mass is 357 g/mol. The van der Waals surface area contributed by atoms with Crippen LogP contribution in [0.3, 0.4) is 0 Å². The highest BCUT2D eigenvalue weighted by Gasteiger charge is 2.17. The lowest BCUT2D eigenvalue weighted by Gasteiger charge is -2.25. The van der Waals surface area contributed by atoms with Crippen LogP contribution in [0.4, 0.5) is 0 Å². The lowest BCUT2D eigenvalue weighted by molar-refractivity contribution is 0.261. The number of aromatic nitrogens is 2. The van der Waals surface area contributed by atoms with Crippen molar-refractivity contribution in [3.05, 3.63) is 28.5 Å². The second-order valence-electron chi connectivity index (χ2n) is 5.00. The first-order chi connectivity index (χ1) is 9.60. The number of nitrogens with zero attached hydrogens (tertiary/aromatic N) is 3. The average molecular weight is 359 g/mol. The molecule has 0 aliphatic heterocycles. The van der Waals surface area contributed by atoms with E-state index < -0.39 is 0 Å². The van der Waals surface area contributed by atoms with Crippen LogP contribution >= 0.6 is 27.5 Å². The van der Waals surface area contributed by atoms with Crippen LogP contribution in [0.15, 0.2) is 22.7 Å². The molecule has 3 nitrogen and oxygen atoms in total. The largest absolute Gasteiger partial charge is 0.323 e. The average Bonchev–Trinajstić information content (AvgIpc) is 2.82. The van der Waals surface area contributed by atoms with Gasteiger partial charge in [0.2, 0.25) is 0 Å². The fourth-order valence-corrected chi connectivity index (χ4v) is 3.18. The minimum absolute atomic E-state index is 0.350. The van der Waals surface area contributed by atoms with Crippen LogP contribution in [-0.2, 0) is 5.88 Å². The van der Waals surface area contributed by atoms with Crippen LogP contribution in [0.5, 0.6) is 0 Å². The quantitative estimate of drug-likeness (QED) is 0.712. The Labute approximate surface area is 134 Å². The maximum absolute atomic E-state index is 6.08. The smallest absolute Gasteiger partial charge is 0.125 e. The number of imidazole rings is 1. The van der Waals surface area contributed by atoms with Crippen molar-refractivity contribution in [1.29, 1.82) is 0 Å². The molecule has 0 aliphatic carbocycles. The van der Waals surface area contributed by atoms with Crippen molar-refractivity contribution in [2.45, 2.75) is 32.7 Å². The van der Waals surface area contributed by atoms with Crippen molar-refractivity contribution < 1.29 is 0 Å². The number of rotatable bonds is 6. The van der Waals surface area contributed by atoms with Gasteiger partial charge in [0.05, 0.1) is 16.9 Å². The highest BCUT2D eigenvalue weighted by molar-refractivity contribution is 9.10. The third kappa shape index (κ3) is 3.18. The lowest BCUT2D eigenvalue weighted by Crippen LogP contribution is -2.30. The van der Waals surface area contributed by atoms with Gasteiger partial charge in [-0.15, -0.1) is 11.6 Å². The predicted octanol–water partition coefficient (Wildman–Crippen LogP) is 4.44. The third-order valence-electron chi connectivity index (χ3n) is 3.70.